The predicted molar refractivity (Wildman–Crippen MR) is 133 cm³/mol. The monoisotopic (exact) mass is 459 g/mol. The average Bonchev–Trinajstić information content (AvgIpc) is 3.11. The molecule has 0 heterocycles. The lowest BCUT2D eigenvalue weighted by Gasteiger charge is -2.58. The fourth-order valence-corrected chi connectivity index (χ4v) is 9.01. The standard InChI is InChI=1S/C29H49NO3/c1-19(2)8-7-9-20(3)24-12-13-25-23-11-10-21-18-22(33-27(31)30-32-6)14-16-28(21,4)26(23)15-17-29(24,25)5/h10,19-20,22-26H,7-9,11-18H2,1-6H3,(H,30,31)/t20-,22+,23?,24-,25?,26?,28+,29-/m1/s1. The number of rotatable bonds is 7. The van der Waals surface area contributed by atoms with E-state index in [-0.39, 0.29) is 6.10 Å². The molecule has 0 aromatic heterocycles. The molecule has 188 valence electrons. The van der Waals surface area contributed by atoms with Gasteiger partial charge in [0, 0.05) is 6.42 Å². The molecule has 0 aromatic rings. The summed E-state index contributed by atoms with van der Waals surface area (Å²) in [5, 5.41) is 0. The quantitative estimate of drug-likeness (QED) is 0.314. The molecular formula is C29H49NO3. The number of hydrogen-bond donors (Lipinski definition) is 1. The van der Waals surface area contributed by atoms with Crippen LogP contribution in [-0.2, 0) is 9.57 Å². The molecule has 3 saturated carbocycles. The molecule has 0 spiro atoms. The topological polar surface area (TPSA) is 47.6 Å². The van der Waals surface area contributed by atoms with Gasteiger partial charge in [0.15, 0.2) is 0 Å². The summed E-state index contributed by atoms with van der Waals surface area (Å²) in [6.45, 7) is 12.5. The van der Waals surface area contributed by atoms with Gasteiger partial charge in [-0.2, -0.15) is 5.48 Å². The Morgan fingerprint density at radius 3 is 2.61 bits per heavy atom. The molecule has 4 aliphatic carbocycles. The zero-order chi connectivity index (χ0) is 23.8. The van der Waals surface area contributed by atoms with Gasteiger partial charge in [0.1, 0.15) is 6.10 Å². The van der Waals surface area contributed by atoms with E-state index in [1.165, 1.54) is 58.5 Å². The molecule has 4 heteroatoms. The van der Waals surface area contributed by atoms with Crippen LogP contribution < -0.4 is 5.48 Å². The fourth-order valence-electron chi connectivity index (χ4n) is 9.01. The van der Waals surface area contributed by atoms with Gasteiger partial charge in [-0.3, -0.25) is 4.84 Å². The van der Waals surface area contributed by atoms with Crippen LogP contribution in [-0.4, -0.2) is 19.3 Å². The number of amides is 1. The predicted octanol–water partition coefficient (Wildman–Crippen LogP) is 7.68. The minimum atomic E-state index is -0.465. The van der Waals surface area contributed by atoms with Crippen LogP contribution in [0, 0.1) is 46.3 Å². The lowest BCUT2D eigenvalue weighted by Crippen LogP contribution is -2.51. The van der Waals surface area contributed by atoms with Crippen LogP contribution in [0.15, 0.2) is 11.6 Å². The van der Waals surface area contributed by atoms with Gasteiger partial charge in [-0.1, -0.05) is 65.5 Å². The Balaban J connectivity index is 1.43. The Labute approximate surface area is 202 Å². The largest absolute Gasteiger partial charge is 0.444 e. The van der Waals surface area contributed by atoms with Crippen molar-refractivity contribution in [1.29, 1.82) is 0 Å². The highest BCUT2D eigenvalue weighted by atomic mass is 16.7. The molecule has 33 heavy (non-hydrogen) atoms. The van der Waals surface area contributed by atoms with E-state index >= 15 is 0 Å². The van der Waals surface area contributed by atoms with Crippen molar-refractivity contribution < 1.29 is 14.4 Å². The van der Waals surface area contributed by atoms with Gasteiger partial charge < -0.3 is 4.74 Å². The minimum absolute atomic E-state index is 0.0209. The third kappa shape index (κ3) is 4.75. The summed E-state index contributed by atoms with van der Waals surface area (Å²) in [4.78, 5) is 16.6. The molecule has 0 aliphatic heterocycles. The number of hydroxylamine groups is 1. The molecule has 3 fully saturated rings. The SMILES string of the molecule is CONC(=O)O[C@H]1CC[C@@]2(C)C(=CCC3C2CC[C@@]2(C)C3CC[C@@H]2[C@H](C)CCCC(C)C)C1. The zero-order valence-electron chi connectivity index (χ0n) is 22.1. The molecule has 0 saturated heterocycles. The number of hydrogen-bond acceptors (Lipinski definition) is 3. The highest BCUT2D eigenvalue weighted by Crippen LogP contribution is 2.67. The number of carbonyl (C=O) groups excluding carboxylic acids is 1. The second kappa shape index (κ2) is 9.91. The molecule has 4 nitrogen and oxygen atoms in total. The van der Waals surface area contributed by atoms with Crippen LogP contribution in [0.5, 0.6) is 0 Å². The maximum atomic E-state index is 11.8. The van der Waals surface area contributed by atoms with Crippen LogP contribution in [0.1, 0.15) is 105 Å². The molecule has 1 N–H and O–H groups in total. The first-order valence-electron chi connectivity index (χ1n) is 13.9. The molecule has 1 amide bonds. The molecule has 8 atom stereocenters. The van der Waals surface area contributed by atoms with E-state index in [0.717, 1.165) is 54.8 Å². The van der Waals surface area contributed by atoms with E-state index in [1.54, 1.807) is 5.57 Å². The van der Waals surface area contributed by atoms with Gasteiger partial charge in [0.05, 0.1) is 7.11 Å². The maximum absolute atomic E-state index is 11.8. The molecule has 0 bridgehead atoms. The van der Waals surface area contributed by atoms with Crippen molar-refractivity contribution in [2.45, 2.75) is 111 Å². The van der Waals surface area contributed by atoms with Gasteiger partial charge >= 0.3 is 6.09 Å². The van der Waals surface area contributed by atoms with Gasteiger partial charge in [0.2, 0.25) is 0 Å². The number of fused-ring (bicyclic) bond motifs is 5. The Bertz CT molecular complexity index is 732. The lowest BCUT2D eigenvalue weighted by atomic mass is 9.47. The average molecular weight is 460 g/mol. The lowest BCUT2D eigenvalue weighted by molar-refractivity contribution is -0.0596. The molecule has 0 aromatic carbocycles. The maximum Gasteiger partial charge on any atom is 0.431 e. The van der Waals surface area contributed by atoms with Crippen molar-refractivity contribution in [3.05, 3.63) is 11.6 Å². The summed E-state index contributed by atoms with van der Waals surface area (Å²) in [6.07, 6.45) is 16.2. The Morgan fingerprint density at radius 1 is 1.09 bits per heavy atom. The Hall–Kier alpha value is -1.03. The van der Waals surface area contributed by atoms with E-state index in [4.69, 9.17) is 9.57 Å². The van der Waals surface area contributed by atoms with Crippen molar-refractivity contribution in [2.24, 2.45) is 46.3 Å². The minimum Gasteiger partial charge on any atom is -0.444 e. The number of allylic oxidation sites excluding steroid dienone is 1. The Kier molecular flexibility index (Phi) is 7.53. The zero-order valence-corrected chi connectivity index (χ0v) is 22.1. The van der Waals surface area contributed by atoms with Crippen molar-refractivity contribution in [1.82, 2.24) is 5.48 Å². The number of nitrogens with one attached hydrogen (secondary N) is 1. The molecule has 3 unspecified atom stereocenters. The number of carbonyl (C=O) groups is 1. The Morgan fingerprint density at radius 2 is 1.88 bits per heavy atom. The highest BCUT2D eigenvalue weighted by Gasteiger charge is 2.59. The molecule has 0 radical (unpaired) electrons. The first-order chi connectivity index (χ1) is 15.7. The van der Waals surface area contributed by atoms with Crippen LogP contribution in [0.3, 0.4) is 0 Å². The first kappa shape index (κ1) is 25.1. The summed E-state index contributed by atoms with van der Waals surface area (Å²) in [5.41, 5.74) is 4.69. The summed E-state index contributed by atoms with van der Waals surface area (Å²) < 4.78 is 5.62. The van der Waals surface area contributed by atoms with Crippen LogP contribution in [0.4, 0.5) is 4.79 Å². The third-order valence-electron chi connectivity index (χ3n) is 10.7. The summed E-state index contributed by atoms with van der Waals surface area (Å²) in [5.74, 6) is 5.16. The van der Waals surface area contributed by atoms with E-state index in [1.807, 2.05) is 0 Å². The molecule has 4 aliphatic rings. The van der Waals surface area contributed by atoms with Crippen molar-refractivity contribution in [3.8, 4) is 0 Å². The van der Waals surface area contributed by atoms with Gasteiger partial charge in [-0.25, -0.2) is 4.79 Å². The van der Waals surface area contributed by atoms with Crippen molar-refractivity contribution >= 4 is 6.09 Å². The first-order valence-corrected chi connectivity index (χ1v) is 13.9. The van der Waals surface area contributed by atoms with Gasteiger partial charge in [-0.05, 0) is 91.3 Å². The normalized spacial score (nSPS) is 40.9. The van der Waals surface area contributed by atoms with Gasteiger partial charge in [-0.15, -0.1) is 0 Å². The van der Waals surface area contributed by atoms with E-state index in [0.29, 0.717) is 10.8 Å². The number of ether oxygens (including phenoxy) is 1. The van der Waals surface area contributed by atoms with Crippen LogP contribution in [0.2, 0.25) is 0 Å². The fraction of sp³-hybridized carbons (Fsp3) is 0.897. The third-order valence-corrected chi connectivity index (χ3v) is 10.7. The molecule has 4 rings (SSSR count). The van der Waals surface area contributed by atoms with Crippen LogP contribution >= 0.6 is 0 Å². The van der Waals surface area contributed by atoms with Crippen LogP contribution in [0.25, 0.3) is 0 Å². The smallest absolute Gasteiger partial charge is 0.431 e. The highest BCUT2D eigenvalue weighted by molar-refractivity contribution is 5.66. The summed E-state index contributed by atoms with van der Waals surface area (Å²) >= 11 is 0. The second-order valence-corrected chi connectivity index (χ2v) is 12.9. The van der Waals surface area contributed by atoms with E-state index in [2.05, 4.69) is 46.2 Å². The van der Waals surface area contributed by atoms with E-state index < -0.39 is 6.09 Å². The second-order valence-electron chi connectivity index (χ2n) is 12.9. The van der Waals surface area contributed by atoms with Gasteiger partial charge in [0.25, 0.3) is 0 Å². The van der Waals surface area contributed by atoms with E-state index in [9.17, 15) is 4.79 Å². The van der Waals surface area contributed by atoms with Crippen molar-refractivity contribution in [3.63, 3.8) is 0 Å². The van der Waals surface area contributed by atoms with Crippen molar-refractivity contribution in [2.75, 3.05) is 7.11 Å². The summed E-state index contributed by atoms with van der Waals surface area (Å²) in [6, 6.07) is 0. The summed E-state index contributed by atoms with van der Waals surface area (Å²) in [7, 11) is 1.44. The molecular weight excluding hydrogens is 410 g/mol.